The van der Waals surface area contributed by atoms with Crippen LogP contribution in [0.1, 0.15) is 48.0 Å². The van der Waals surface area contributed by atoms with Crippen LogP contribution in [0.5, 0.6) is 0 Å². The number of aliphatic hydroxyl groups excluding tert-OH is 1. The molecule has 1 aliphatic rings. The lowest BCUT2D eigenvalue weighted by Crippen LogP contribution is -2.55. The molecular weight excluding hydrogens is 406 g/mol. The summed E-state index contributed by atoms with van der Waals surface area (Å²) in [7, 11) is 0. The minimum atomic E-state index is -0.705. The summed E-state index contributed by atoms with van der Waals surface area (Å²) < 4.78 is 15.8. The van der Waals surface area contributed by atoms with E-state index in [4.69, 9.17) is 14.2 Å². The Labute approximate surface area is 185 Å². The summed E-state index contributed by atoms with van der Waals surface area (Å²) in [4.78, 5) is 38.1. The van der Waals surface area contributed by atoms with Crippen LogP contribution in [0.15, 0.2) is 0 Å². The van der Waals surface area contributed by atoms with Gasteiger partial charge in [-0.2, -0.15) is 0 Å². The molecular formula is C21H39N3O7. The summed E-state index contributed by atoms with van der Waals surface area (Å²) in [5.41, 5.74) is -1.03. The fourth-order valence-corrected chi connectivity index (χ4v) is 2.90. The summed E-state index contributed by atoms with van der Waals surface area (Å²) in [5.74, 6) is -0.585. The largest absolute Gasteiger partial charge is 0.444 e. The summed E-state index contributed by atoms with van der Waals surface area (Å²) in [6.45, 7) is 12.6. The van der Waals surface area contributed by atoms with Gasteiger partial charge in [-0.25, -0.2) is 4.79 Å². The molecule has 1 heterocycles. The molecule has 180 valence electrons. The zero-order valence-corrected chi connectivity index (χ0v) is 19.7. The van der Waals surface area contributed by atoms with E-state index in [-0.39, 0.29) is 44.8 Å². The number of carbonyl (C=O) groups excluding carboxylic acids is 3. The molecule has 1 rings (SSSR count). The fraction of sp³-hybridized carbons (Fsp3) is 0.857. The summed E-state index contributed by atoms with van der Waals surface area (Å²) >= 11 is 0. The van der Waals surface area contributed by atoms with Gasteiger partial charge in [0.15, 0.2) is 0 Å². The second-order valence-electron chi connectivity index (χ2n) is 9.69. The first kappa shape index (κ1) is 27.1. The first-order valence-corrected chi connectivity index (χ1v) is 10.7. The number of carbonyl (C=O) groups is 3. The van der Waals surface area contributed by atoms with Crippen molar-refractivity contribution >= 4 is 17.9 Å². The lowest BCUT2D eigenvalue weighted by Gasteiger charge is -2.33. The molecule has 0 aromatic heterocycles. The second-order valence-corrected chi connectivity index (χ2v) is 9.69. The molecule has 0 aromatic carbocycles. The van der Waals surface area contributed by atoms with Crippen LogP contribution in [0.25, 0.3) is 0 Å². The highest BCUT2D eigenvalue weighted by Crippen LogP contribution is 2.23. The normalized spacial score (nSPS) is 17.9. The maximum absolute atomic E-state index is 12.8. The van der Waals surface area contributed by atoms with Gasteiger partial charge in [0.2, 0.25) is 11.8 Å². The Bertz CT molecular complexity index is 599. The van der Waals surface area contributed by atoms with Gasteiger partial charge in [0.05, 0.1) is 25.9 Å². The first-order valence-electron chi connectivity index (χ1n) is 10.7. The highest BCUT2D eigenvalue weighted by Gasteiger charge is 2.37. The van der Waals surface area contributed by atoms with Crippen LogP contribution in [0.4, 0.5) is 4.79 Å². The zero-order valence-electron chi connectivity index (χ0n) is 19.7. The molecule has 3 amide bonds. The number of rotatable bonds is 10. The predicted octanol–water partition coefficient (Wildman–Crippen LogP) is 0.668. The molecule has 0 aromatic rings. The second kappa shape index (κ2) is 12.2. The van der Waals surface area contributed by atoms with Gasteiger partial charge in [-0.3, -0.25) is 9.59 Å². The van der Waals surface area contributed by atoms with Crippen LogP contribution in [0, 0.1) is 5.41 Å². The molecule has 0 unspecified atom stereocenters. The minimum absolute atomic E-state index is 0.192. The third-order valence-electron chi connectivity index (χ3n) is 4.41. The van der Waals surface area contributed by atoms with Gasteiger partial charge in [0.25, 0.3) is 0 Å². The third kappa shape index (κ3) is 11.3. The Morgan fingerprint density at radius 1 is 1.06 bits per heavy atom. The van der Waals surface area contributed by atoms with E-state index in [1.807, 2.05) is 20.8 Å². The number of amides is 3. The molecule has 0 saturated carbocycles. The van der Waals surface area contributed by atoms with E-state index in [1.54, 1.807) is 25.7 Å². The molecule has 1 aliphatic heterocycles. The first-order chi connectivity index (χ1) is 14.3. The molecule has 0 aliphatic carbocycles. The van der Waals surface area contributed by atoms with Crippen molar-refractivity contribution < 1.29 is 33.7 Å². The van der Waals surface area contributed by atoms with E-state index in [0.717, 1.165) is 0 Å². The number of hydrogen-bond acceptors (Lipinski definition) is 7. The van der Waals surface area contributed by atoms with E-state index >= 15 is 0 Å². The molecule has 2 atom stereocenters. The van der Waals surface area contributed by atoms with Gasteiger partial charge in [-0.05, 0) is 32.6 Å². The van der Waals surface area contributed by atoms with E-state index in [1.165, 1.54) is 0 Å². The lowest BCUT2D eigenvalue weighted by atomic mass is 9.85. The van der Waals surface area contributed by atoms with Crippen molar-refractivity contribution in [2.45, 2.75) is 65.7 Å². The Morgan fingerprint density at radius 3 is 2.26 bits per heavy atom. The molecule has 0 radical (unpaired) electrons. The van der Waals surface area contributed by atoms with Crippen LogP contribution < -0.4 is 10.6 Å². The standard InChI is InChI=1S/C21H39N3O7/c1-20(2,3)17(18(27)24-9-7-15(25)13-24)23-16(26)14-30-12-11-29-10-8-22-19(28)31-21(4,5)6/h15,17,25H,7-14H2,1-6H3,(H,22,28)(H,23,26)/t15-,17+/m1/s1. The van der Waals surface area contributed by atoms with Crippen molar-refractivity contribution in [3.05, 3.63) is 0 Å². The molecule has 3 N–H and O–H groups in total. The molecule has 10 nitrogen and oxygen atoms in total. The number of nitrogens with zero attached hydrogens (tertiary/aromatic N) is 1. The van der Waals surface area contributed by atoms with Crippen molar-refractivity contribution in [3.63, 3.8) is 0 Å². The number of β-amino-alcohol motifs (C(OH)–C–C–N with tert-alkyl or cyclic N) is 1. The molecule has 1 fully saturated rings. The van der Waals surface area contributed by atoms with Crippen LogP contribution >= 0.6 is 0 Å². The lowest BCUT2D eigenvalue weighted by molar-refractivity contribution is -0.140. The fourth-order valence-electron chi connectivity index (χ4n) is 2.90. The zero-order chi connectivity index (χ0) is 23.7. The number of hydrogen-bond donors (Lipinski definition) is 3. The average molecular weight is 446 g/mol. The monoisotopic (exact) mass is 445 g/mol. The van der Waals surface area contributed by atoms with Crippen LogP contribution in [0.3, 0.4) is 0 Å². The Balaban J connectivity index is 2.23. The van der Waals surface area contributed by atoms with E-state index in [0.29, 0.717) is 19.5 Å². The number of nitrogens with one attached hydrogen (secondary N) is 2. The highest BCUT2D eigenvalue weighted by molar-refractivity contribution is 5.89. The van der Waals surface area contributed by atoms with Gasteiger partial charge in [0, 0.05) is 19.6 Å². The minimum Gasteiger partial charge on any atom is -0.444 e. The van der Waals surface area contributed by atoms with E-state index in [9.17, 15) is 19.5 Å². The molecule has 1 saturated heterocycles. The van der Waals surface area contributed by atoms with Gasteiger partial charge in [-0.1, -0.05) is 20.8 Å². The maximum atomic E-state index is 12.8. The van der Waals surface area contributed by atoms with Crippen LogP contribution in [0.2, 0.25) is 0 Å². The Hall–Kier alpha value is -1.91. The molecule has 10 heteroatoms. The van der Waals surface area contributed by atoms with Gasteiger partial charge in [0.1, 0.15) is 18.2 Å². The van der Waals surface area contributed by atoms with Crippen molar-refractivity contribution in [3.8, 4) is 0 Å². The van der Waals surface area contributed by atoms with Gasteiger partial charge < -0.3 is 34.9 Å². The Morgan fingerprint density at radius 2 is 1.71 bits per heavy atom. The Kier molecular flexibility index (Phi) is 10.7. The SMILES string of the molecule is CC(C)(C)OC(=O)NCCOCCOCC(=O)N[C@@H](C(=O)N1CC[C@@H](O)C1)C(C)(C)C. The van der Waals surface area contributed by atoms with E-state index < -0.39 is 29.3 Å². The molecule has 31 heavy (non-hydrogen) atoms. The topological polar surface area (TPSA) is 126 Å². The van der Waals surface area contributed by atoms with E-state index in [2.05, 4.69) is 10.6 Å². The number of ether oxygens (including phenoxy) is 3. The number of alkyl carbamates (subject to hydrolysis) is 1. The maximum Gasteiger partial charge on any atom is 0.407 e. The summed E-state index contributed by atoms with van der Waals surface area (Å²) in [6.07, 6.45) is -0.467. The van der Waals surface area contributed by atoms with Crippen molar-refractivity contribution in [2.24, 2.45) is 5.41 Å². The average Bonchev–Trinajstić information content (AvgIpc) is 3.05. The number of likely N-dealkylation sites (tertiary alicyclic amines) is 1. The summed E-state index contributed by atoms with van der Waals surface area (Å²) in [6, 6.07) is -0.705. The van der Waals surface area contributed by atoms with Crippen molar-refractivity contribution in [1.29, 1.82) is 0 Å². The highest BCUT2D eigenvalue weighted by atomic mass is 16.6. The predicted molar refractivity (Wildman–Crippen MR) is 114 cm³/mol. The van der Waals surface area contributed by atoms with Gasteiger partial charge >= 0.3 is 6.09 Å². The summed E-state index contributed by atoms with van der Waals surface area (Å²) in [5, 5.41) is 15.0. The molecule has 0 spiro atoms. The third-order valence-corrected chi connectivity index (χ3v) is 4.41. The van der Waals surface area contributed by atoms with Crippen LogP contribution in [-0.4, -0.2) is 91.7 Å². The van der Waals surface area contributed by atoms with Crippen LogP contribution in [-0.2, 0) is 23.8 Å². The van der Waals surface area contributed by atoms with Crippen molar-refractivity contribution in [1.82, 2.24) is 15.5 Å². The molecule has 0 bridgehead atoms. The number of aliphatic hydroxyl groups is 1. The van der Waals surface area contributed by atoms with Crippen molar-refractivity contribution in [2.75, 3.05) is 46.1 Å². The van der Waals surface area contributed by atoms with Gasteiger partial charge in [-0.15, -0.1) is 0 Å². The quantitative estimate of drug-likeness (QED) is 0.422. The smallest absolute Gasteiger partial charge is 0.407 e.